The van der Waals surface area contributed by atoms with E-state index >= 15 is 0 Å². The molecule has 1 saturated heterocycles. The Hall–Kier alpha value is -0.770. The van der Waals surface area contributed by atoms with Crippen molar-refractivity contribution in [1.29, 1.82) is 0 Å². The maximum atomic E-state index is 10.2. The Balaban J connectivity index is 1.86. The molecule has 4 nitrogen and oxygen atoms in total. The smallest absolute Gasteiger partial charge is 0.191 e. The largest absolute Gasteiger partial charge is 0.388 e. The molecule has 1 heterocycles. The molecule has 0 spiro atoms. The van der Waals surface area contributed by atoms with Crippen LogP contribution < -0.4 is 5.73 Å². The molecule has 0 amide bonds. The number of hydrogen-bond donors (Lipinski definition) is 2. The van der Waals surface area contributed by atoms with Crippen LogP contribution in [0.4, 0.5) is 0 Å². The molecule has 17 heavy (non-hydrogen) atoms. The van der Waals surface area contributed by atoms with Crippen LogP contribution in [0.1, 0.15) is 51.4 Å². The summed E-state index contributed by atoms with van der Waals surface area (Å²) in [6, 6.07) is 0. The standard InChI is InChI=1S/C13H25N3O/c14-12(16-9-5-1-2-6-10-16)15-11-13(17)7-3-4-8-13/h17H,1-11H2,(H2,14,15). The summed E-state index contributed by atoms with van der Waals surface area (Å²) >= 11 is 0. The molecule has 0 radical (unpaired) electrons. The van der Waals surface area contributed by atoms with Gasteiger partial charge in [0.25, 0.3) is 0 Å². The number of aliphatic imine (C=N–C) groups is 1. The summed E-state index contributed by atoms with van der Waals surface area (Å²) in [6.07, 6.45) is 9.02. The molecule has 3 N–H and O–H groups in total. The van der Waals surface area contributed by atoms with Crippen molar-refractivity contribution in [3.05, 3.63) is 0 Å². The zero-order chi connectivity index (χ0) is 12.1. The van der Waals surface area contributed by atoms with Crippen molar-refractivity contribution in [3.63, 3.8) is 0 Å². The van der Waals surface area contributed by atoms with Gasteiger partial charge in [0.15, 0.2) is 5.96 Å². The monoisotopic (exact) mass is 239 g/mol. The molecule has 1 saturated carbocycles. The Kier molecular flexibility index (Phi) is 4.26. The SMILES string of the molecule is NC(=NCC1(O)CCCC1)N1CCCCCC1. The van der Waals surface area contributed by atoms with Gasteiger partial charge in [-0.15, -0.1) is 0 Å². The van der Waals surface area contributed by atoms with E-state index < -0.39 is 5.60 Å². The van der Waals surface area contributed by atoms with Gasteiger partial charge < -0.3 is 15.7 Å². The van der Waals surface area contributed by atoms with Gasteiger partial charge in [0.05, 0.1) is 12.1 Å². The molecule has 98 valence electrons. The minimum Gasteiger partial charge on any atom is -0.388 e. The van der Waals surface area contributed by atoms with Gasteiger partial charge in [-0.05, 0) is 25.7 Å². The average molecular weight is 239 g/mol. The molecule has 1 aliphatic carbocycles. The number of nitrogens with two attached hydrogens (primary N) is 1. The molecular formula is C13H25N3O. The van der Waals surface area contributed by atoms with Crippen LogP contribution in [0.5, 0.6) is 0 Å². The van der Waals surface area contributed by atoms with E-state index in [0.29, 0.717) is 12.5 Å². The lowest BCUT2D eigenvalue weighted by atomic mass is 10.0. The van der Waals surface area contributed by atoms with Gasteiger partial charge in [-0.1, -0.05) is 25.7 Å². The first-order valence-corrected chi connectivity index (χ1v) is 6.97. The first-order chi connectivity index (χ1) is 8.20. The summed E-state index contributed by atoms with van der Waals surface area (Å²) in [4.78, 5) is 6.59. The fraction of sp³-hybridized carbons (Fsp3) is 0.923. The van der Waals surface area contributed by atoms with Crippen LogP contribution in [-0.2, 0) is 0 Å². The van der Waals surface area contributed by atoms with Gasteiger partial charge in [-0.25, -0.2) is 0 Å². The third kappa shape index (κ3) is 3.60. The first-order valence-electron chi connectivity index (χ1n) is 6.97. The van der Waals surface area contributed by atoms with Crippen LogP contribution in [0.3, 0.4) is 0 Å². The lowest BCUT2D eigenvalue weighted by Crippen LogP contribution is -2.39. The normalized spacial score (nSPS) is 25.9. The van der Waals surface area contributed by atoms with Crippen LogP contribution in [0.15, 0.2) is 4.99 Å². The summed E-state index contributed by atoms with van der Waals surface area (Å²) in [5.74, 6) is 0.632. The second-order valence-corrected chi connectivity index (χ2v) is 5.51. The maximum absolute atomic E-state index is 10.2. The Labute approximate surface area is 104 Å². The van der Waals surface area contributed by atoms with Crippen molar-refractivity contribution in [3.8, 4) is 0 Å². The molecule has 0 unspecified atom stereocenters. The highest BCUT2D eigenvalue weighted by molar-refractivity contribution is 5.78. The van der Waals surface area contributed by atoms with E-state index in [2.05, 4.69) is 9.89 Å². The minimum absolute atomic E-state index is 0.481. The third-order valence-corrected chi connectivity index (χ3v) is 4.00. The van der Waals surface area contributed by atoms with Crippen molar-refractivity contribution < 1.29 is 5.11 Å². The van der Waals surface area contributed by atoms with Crippen LogP contribution in [0, 0.1) is 0 Å². The van der Waals surface area contributed by atoms with E-state index in [1.165, 1.54) is 25.7 Å². The van der Waals surface area contributed by atoms with Crippen molar-refractivity contribution in [2.75, 3.05) is 19.6 Å². The highest BCUT2D eigenvalue weighted by Gasteiger charge is 2.30. The van der Waals surface area contributed by atoms with Crippen LogP contribution in [0.25, 0.3) is 0 Å². The fourth-order valence-corrected chi connectivity index (χ4v) is 2.82. The molecule has 2 aliphatic rings. The number of guanidine groups is 1. The van der Waals surface area contributed by atoms with E-state index in [4.69, 9.17) is 5.73 Å². The van der Waals surface area contributed by atoms with Gasteiger partial charge >= 0.3 is 0 Å². The molecule has 0 atom stereocenters. The van der Waals surface area contributed by atoms with E-state index in [1.807, 2.05) is 0 Å². The van der Waals surface area contributed by atoms with Crippen molar-refractivity contribution in [2.45, 2.75) is 57.0 Å². The molecule has 0 aromatic carbocycles. The quantitative estimate of drug-likeness (QED) is 0.567. The number of aliphatic hydroxyl groups is 1. The molecule has 1 aliphatic heterocycles. The number of likely N-dealkylation sites (tertiary alicyclic amines) is 1. The molecule has 0 aromatic heterocycles. The summed E-state index contributed by atoms with van der Waals surface area (Å²) < 4.78 is 0. The van der Waals surface area contributed by atoms with Crippen molar-refractivity contribution in [1.82, 2.24) is 4.90 Å². The zero-order valence-electron chi connectivity index (χ0n) is 10.7. The average Bonchev–Trinajstić information content (AvgIpc) is 2.60. The van der Waals surface area contributed by atoms with E-state index in [0.717, 1.165) is 38.8 Å². The molecule has 2 rings (SSSR count). The van der Waals surface area contributed by atoms with E-state index in [1.54, 1.807) is 0 Å². The molecule has 0 bridgehead atoms. The Morgan fingerprint density at radius 1 is 1.06 bits per heavy atom. The summed E-state index contributed by atoms with van der Waals surface area (Å²) in [5.41, 5.74) is 5.45. The van der Waals surface area contributed by atoms with E-state index in [-0.39, 0.29) is 0 Å². The Bertz CT molecular complexity index is 264. The molecule has 4 heteroatoms. The Morgan fingerprint density at radius 3 is 2.24 bits per heavy atom. The highest BCUT2D eigenvalue weighted by Crippen LogP contribution is 2.29. The van der Waals surface area contributed by atoms with Gasteiger partial charge in [-0.3, -0.25) is 4.99 Å². The predicted molar refractivity (Wildman–Crippen MR) is 69.9 cm³/mol. The van der Waals surface area contributed by atoms with E-state index in [9.17, 15) is 5.11 Å². The zero-order valence-corrected chi connectivity index (χ0v) is 10.7. The lowest BCUT2D eigenvalue weighted by Gasteiger charge is -2.24. The second kappa shape index (κ2) is 5.71. The number of nitrogens with zero attached hydrogens (tertiary/aromatic N) is 2. The maximum Gasteiger partial charge on any atom is 0.191 e. The third-order valence-electron chi connectivity index (χ3n) is 4.00. The van der Waals surface area contributed by atoms with Crippen LogP contribution in [0.2, 0.25) is 0 Å². The second-order valence-electron chi connectivity index (χ2n) is 5.51. The molecular weight excluding hydrogens is 214 g/mol. The minimum atomic E-state index is -0.573. The Morgan fingerprint density at radius 2 is 1.65 bits per heavy atom. The van der Waals surface area contributed by atoms with Gasteiger partial charge in [0, 0.05) is 13.1 Å². The first kappa shape index (κ1) is 12.7. The van der Waals surface area contributed by atoms with Gasteiger partial charge in [-0.2, -0.15) is 0 Å². The van der Waals surface area contributed by atoms with Crippen molar-refractivity contribution in [2.24, 2.45) is 10.7 Å². The molecule has 2 fully saturated rings. The lowest BCUT2D eigenvalue weighted by molar-refractivity contribution is 0.0572. The summed E-state index contributed by atoms with van der Waals surface area (Å²) in [6.45, 7) is 2.52. The van der Waals surface area contributed by atoms with Crippen LogP contribution >= 0.6 is 0 Å². The highest BCUT2D eigenvalue weighted by atomic mass is 16.3. The fourth-order valence-electron chi connectivity index (χ4n) is 2.82. The van der Waals surface area contributed by atoms with Gasteiger partial charge in [0.2, 0.25) is 0 Å². The summed E-state index contributed by atoms with van der Waals surface area (Å²) in [5, 5.41) is 10.2. The van der Waals surface area contributed by atoms with Crippen LogP contribution in [-0.4, -0.2) is 41.2 Å². The number of rotatable bonds is 2. The van der Waals surface area contributed by atoms with Crippen molar-refractivity contribution >= 4 is 5.96 Å². The summed E-state index contributed by atoms with van der Waals surface area (Å²) in [7, 11) is 0. The number of hydrogen-bond acceptors (Lipinski definition) is 2. The topological polar surface area (TPSA) is 61.9 Å². The van der Waals surface area contributed by atoms with Gasteiger partial charge in [0.1, 0.15) is 0 Å². The predicted octanol–water partition coefficient (Wildman–Crippen LogP) is 1.48. The molecule has 0 aromatic rings.